The van der Waals surface area contributed by atoms with Gasteiger partial charge < -0.3 is 10.1 Å². The van der Waals surface area contributed by atoms with Crippen molar-refractivity contribution in [1.29, 1.82) is 0 Å². The van der Waals surface area contributed by atoms with Crippen LogP contribution in [-0.2, 0) is 9.59 Å². The number of carbonyl (C=O) groups is 3. The van der Waals surface area contributed by atoms with Crippen LogP contribution in [0.5, 0.6) is 5.75 Å². The molecule has 140 valence electrons. The lowest BCUT2D eigenvalue weighted by Crippen LogP contribution is -2.47. The van der Waals surface area contributed by atoms with Crippen molar-refractivity contribution in [3.05, 3.63) is 52.0 Å². The number of Topliss-reactive ketones (excluding diaryl/α,β-unsaturated/α-hetero) is 1. The molecule has 7 heteroatoms. The highest BCUT2D eigenvalue weighted by atomic mass is 79.9. The standard InChI is InChI=1S/C20H19BrN2O4/c1-11-8-15(5-6-16(11)21)22-19(25)10-23-17-9-14(12(2)24)4-7-18(17)27-13(3)20(23)26/h4-9,13H,10H2,1-3H3,(H,22,25). The van der Waals surface area contributed by atoms with Gasteiger partial charge in [0.05, 0.1) is 5.69 Å². The quantitative estimate of drug-likeness (QED) is 0.749. The van der Waals surface area contributed by atoms with Crippen LogP contribution < -0.4 is 15.0 Å². The molecule has 3 rings (SSSR count). The molecule has 1 heterocycles. The molecule has 1 aliphatic rings. The smallest absolute Gasteiger partial charge is 0.268 e. The van der Waals surface area contributed by atoms with E-state index >= 15 is 0 Å². The Hall–Kier alpha value is -2.67. The normalized spacial score (nSPS) is 15.8. The molecule has 0 fully saturated rings. The minimum absolute atomic E-state index is 0.126. The van der Waals surface area contributed by atoms with Crippen LogP contribution >= 0.6 is 15.9 Å². The van der Waals surface area contributed by atoms with E-state index in [9.17, 15) is 14.4 Å². The summed E-state index contributed by atoms with van der Waals surface area (Å²) in [5.41, 5.74) is 2.51. The van der Waals surface area contributed by atoms with Gasteiger partial charge in [-0.15, -0.1) is 0 Å². The van der Waals surface area contributed by atoms with E-state index < -0.39 is 6.10 Å². The second-order valence-corrected chi connectivity index (χ2v) is 7.29. The van der Waals surface area contributed by atoms with Gasteiger partial charge in [-0.1, -0.05) is 15.9 Å². The Morgan fingerprint density at radius 2 is 1.96 bits per heavy atom. The van der Waals surface area contributed by atoms with Gasteiger partial charge in [-0.25, -0.2) is 0 Å². The lowest BCUT2D eigenvalue weighted by molar-refractivity contribution is -0.127. The van der Waals surface area contributed by atoms with Crippen LogP contribution in [0.4, 0.5) is 11.4 Å². The maximum Gasteiger partial charge on any atom is 0.268 e. The number of anilines is 2. The first-order valence-electron chi connectivity index (χ1n) is 8.45. The largest absolute Gasteiger partial charge is 0.479 e. The first-order chi connectivity index (χ1) is 12.8. The van der Waals surface area contributed by atoms with Crippen LogP contribution in [0.2, 0.25) is 0 Å². The summed E-state index contributed by atoms with van der Waals surface area (Å²) in [6.07, 6.45) is -0.705. The predicted molar refractivity (Wildman–Crippen MR) is 106 cm³/mol. The van der Waals surface area contributed by atoms with Crippen LogP contribution in [0.25, 0.3) is 0 Å². The Balaban J connectivity index is 1.85. The van der Waals surface area contributed by atoms with E-state index in [1.165, 1.54) is 11.8 Å². The molecule has 1 unspecified atom stereocenters. The Bertz CT molecular complexity index is 942. The fourth-order valence-corrected chi connectivity index (χ4v) is 3.10. The topological polar surface area (TPSA) is 75.7 Å². The predicted octanol–water partition coefficient (Wildman–Crippen LogP) is 3.71. The number of benzene rings is 2. The molecule has 0 bridgehead atoms. The van der Waals surface area contributed by atoms with E-state index in [1.807, 2.05) is 19.1 Å². The van der Waals surface area contributed by atoms with Crippen molar-refractivity contribution in [2.45, 2.75) is 26.9 Å². The summed E-state index contributed by atoms with van der Waals surface area (Å²) in [7, 11) is 0. The number of amides is 2. The zero-order valence-electron chi connectivity index (χ0n) is 15.2. The summed E-state index contributed by atoms with van der Waals surface area (Å²) >= 11 is 3.42. The zero-order valence-corrected chi connectivity index (χ0v) is 16.8. The number of rotatable bonds is 4. The van der Waals surface area contributed by atoms with Crippen LogP contribution in [0, 0.1) is 6.92 Å². The number of hydrogen-bond acceptors (Lipinski definition) is 4. The summed E-state index contributed by atoms with van der Waals surface area (Å²) in [6.45, 7) is 4.83. The Morgan fingerprint density at radius 3 is 2.63 bits per heavy atom. The molecular weight excluding hydrogens is 412 g/mol. The van der Waals surface area contributed by atoms with Gasteiger partial charge in [-0.3, -0.25) is 19.3 Å². The first kappa shape index (κ1) is 19.1. The zero-order chi connectivity index (χ0) is 19.7. The molecule has 0 aromatic heterocycles. The summed E-state index contributed by atoms with van der Waals surface area (Å²) in [5, 5.41) is 2.80. The van der Waals surface area contributed by atoms with E-state index in [2.05, 4.69) is 21.2 Å². The van der Waals surface area contributed by atoms with E-state index in [0.717, 1.165) is 10.0 Å². The number of ether oxygens (including phenoxy) is 1. The third-order valence-electron chi connectivity index (χ3n) is 4.32. The maximum atomic E-state index is 12.6. The van der Waals surface area contributed by atoms with Crippen LogP contribution in [-0.4, -0.2) is 30.2 Å². The number of nitrogens with one attached hydrogen (secondary N) is 1. The van der Waals surface area contributed by atoms with Crippen molar-refractivity contribution in [3.8, 4) is 5.75 Å². The Morgan fingerprint density at radius 1 is 1.22 bits per heavy atom. The van der Waals surface area contributed by atoms with Crippen molar-refractivity contribution in [3.63, 3.8) is 0 Å². The van der Waals surface area contributed by atoms with Gasteiger partial charge >= 0.3 is 0 Å². The minimum atomic E-state index is -0.705. The molecule has 1 aliphatic heterocycles. The molecule has 0 aliphatic carbocycles. The lowest BCUT2D eigenvalue weighted by atomic mass is 10.1. The number of nitrogens with zero attached hydrogens (tertiary/aromatic N) is 1. The molecule has 1 N–H and O–H groups in total. The highest BCUT2D eigenvalue weighted by Crippen LogP contribution is 2.35. The van der Waals surface area contributed by atoms with E-state index in [1.54, 1.807) is 31.2 Å². The molecule has 1 atom stereocenters. The second-order valence-electron chi connectivity index (χ2n) is 6.44. The summed E-state index contributed by atoms with van der Waals surface area (Å²) in [6, 6.07) is 10.3. The van der Waals surface area contributed by atoms with E-state index in [4.69, 9.17) is 4.74 Å². The van der Waals surface area contributed by atoms with Gasteiger partial charge in [0.2, 0.25) is 5.91 Å². The molecule has 27 heavy (non-hydrogen) atoms. The molecule has 0 radical (unpaired) electrons. The van der Waals surface area contributed by atoms with Gasteiger partial charge in [0.25, 0.3) is 5.91 Å². The summed E-state index contributed by atoms with van der Waals surface area (Å²) in [4.78, 5) is 38.2. The number of aryl methyl sites for hydroxylation is 1. The highest BCUT2D eigenvalue weighted by molar-refractivity contribution is 9.10. The minimum Gasteiger partial charge on any atom is -0.479 e. The number of hydrogen-bond donors (Lipinski definition) is 1. The summed E-state index contributed by atoms with van der Waals surface area (Å²) in [5.74, 6) is -0.318. The average Bonchev–Trinajstić information content (AvgIpc) is 2.61. The highest BCUT2D eigenvalue weighted by Gasteiger charge is 2.33. The third-order valence-corrected chi connectivity index (χ3v) is 5.21. The number of halogens is 1. The molecule has 0 saturated carbocycles. The Labute approximate surface area is 165 Å². The van der Waals surface area contributed by atoms with Gasteiger partial charge in [0, 0.05) is 15.7 Å². The van der Waals surface area contributed by atoms with Crippen molar-refractivity contribution in [1.82, 2.24) is 0 Å². The maximum absolute atomic E-state index is 12.6. The fraction of sp³-hybridized carbons (Fsp3) is 0.250. The van der Waals surface area contributed by atoms with Gasteiger partial charge in [0.1, 0.15) is 12.3 Å². The second kappa shape index (κ2) is 7.52. The van der Waals surface area contributed by atoms with E-state index in [0.29, 0.717) is 22.7 Å². The van der Waals surface area contributed by atoms with Gasteiger partial charge in [0.15, 0.2) is 11.9 Å². The number of carbonyl (C=O) groups excluding carboxylic acids is 3. The van der Waals surface area contributed by atoms with Crippen LogP contribution in [0.15, 0.2) is 40.9 Å². The van der Waals surface area contributed by atoms with Crippen molar-refractivity contribution >= 4 is 44.9 Å². The van der Waals surface area contributed by atoms with Crippen molar-refractivity contribution < 1.29 is 19.1 Å². The first-order valence-corrected chi connectivity index (χ1v) is 9.24. The number of ketones is 1. The van der Waals surface area contributed by atoms with E-state index in [-0.39, 0.29) is 24.1 Å². The fourth-order valence-electron chi connectivity index (χ4n) is 2.86. The van der Waals surface area contributed by atoms with Gasteiger partial charge in [-0.2, -0.15) is 0 Å². The van der Waals surface area contributed by atoms with Crippen LogP contribution in [0.3, 0.4) is 0 Å². The molecular formula is C20H19BrN2O4. The molecule has 6 nitrogen and oxygen atoms in total. The molecule has 2 aromatic rings. The molecule has 2 aromatic carbocycles. The monoisotopic (exact) mass is 430 g/mol. The lowest BCUT2D eigenvalue weighted by Gasteiger charge is -2.32. The number of fused-ring (bicyclic) bond motifs is 1. The molecule has 0 spiro atoms. The Kier molecular flexibility index (Phi) is 5.32. The van der Waals surface area contributed by atoms with Gasteiger partial charge in [-0.05, 0) is 62.7 Å². The van der Waals surface area contributed by atoms with Crippen LogP contribution in [0.1, 0.15) is 29.8 Å². The van der Waals surface area contributed by atoms with Crippen molar-refractivity contribution in [2.75, 3.05) is 16.8 Å². The third kappa shape index (κ3) is 4.03. The van der Waals surface area contributed by atoms with Crippen molar-refractivity contribution in [2.24, 2.45) is 0 Å². The average molecular weight is 431 g/mol. The molecule has 2 amide bonds. The summed E-state index contributed by atoms with van der Waals surface area (Å²) < 4.78 is 6.55. The molecule has 0 saturated heterocycles. The SMILES string of the molecule is CC(=O)c1ccc2c(c1)N(CC(=O)Nc1ccc(Br)c(C)c1)C(=O)C(C)O2.